The molecule has 2 aromatic rings. The van der Waals surface area contributed by atoms with Gasteiger partial charge in [-0.3, -0.25) is 0 Å². The molecule has 0 unspecified atom stereocenters. The minimum atomic E-state index is -0.429. The van der Waals surface area contributed by atoms with Crippen molar-refractivity contribution in [2.75, 3.05) is 37.9 Å². The Balaban J connectivity index is 1.29. The fraction of sp³-hybridized carbons (Fsp3) is 0.316. The maximum Gasteiger partial charge on any atom is 0.317 e. The van der Waals surface area contributed by atoms with Crippen LogP contribution in [0.5, 0.6) is 11.5 Å². The minimum absolute atomic E-state index is 0.107. The first-order valence-corrected chi connectivity index (χ1v) is 9.09. The molecule has 2 aliphatic rings. The molecule has 0 aromatic heterocycles. The van der Waals surface area contributed by atoms with Crippen molar-refractivity contribution in [1.29, 1.82) is 0 Å². The van der Waals surface area contributed by atoms with Gasteiger partial charge in [-0.05, 0) is 35.9 Å². The average Bonchev–Trinajstić information content (AvgIpc) is 3.16. The van der Waals surface area contributed by atoms with E-state index in [4.69, 9.17) is 21.1 Å². The molecule has 8 heteroatoms. The Morgan fingerprint density at radius 2 is 1.85 bits per heavy atom. The predicted octanol–water partition coefficient (Wildman–Crippen LogP) is 3.24. The lowest BCUT2D eigenvalue weighted by Crippen LogP contribution is -2.51. The van der Waals surface area contributed by atoms with Crippen LogP contribution in [-0.2, 0) is 6.54 Å². The molecule has 0 radical (unpaired) electrons. The Labute approximate surface area is 161 Å². The highest BCUT2D eigenvalue weighted by atomic mass is 35.5. The number of amides is 2. The molecule has 1 fully saturated rings. The van der Waals surface area contributed by atoms with E-state index < -0.39 is 5.82 Å². The van der Waals surface area contributed by atoms with Crippen molar-refractivity contribution in [3.63, 3.8) is 0 Å². The minimum Gasteiger partial charge on any atom is -0.454 e. The van der Waals surface area contributed by atoms with Gasteiger partial charge in [0.25, 0.3) is 0 Å². The molecule has 6 nitrogen and oxygen atoms in total. The summed E-state index contributed by atoms with van der Waals surface area (Å²) in [7, 11) is 0. The summed E-state index contributed by atoms with van der Waals surface area (Å²) in [5.74, 6) is 0.998. The second kappa shape index (κ2) is 7.52. The average molecular weight is 392 g/mol. The number of halogens is 2. The molecule has 0 aliphatic carbocycles. The van der Waals surface area contributed by atoms with Crippen LogP contribution in [0.15, 0.2) is 36.4 Å². The Kier molecular flexibility index (Phi) is 4.94. The Hall–Kier alpha value is -2.67. The molecular formula is C19H19ClFN3O3. The molecule has 27 heavy (non-hydrogen) atoms. The van der Waals surface area contributed by atoms with Gasteiger partial charge in [-0.25, -0.2) is 9.18 Å². The van der Waals surface area contributed by atoms with Crippen LogP contribution in [0.2, 0.25) is 5.02 Å². The lowest BCUT2D eigenvalue weighted by molar-refractivity contribution is 0.174. The van der Waals surface area contributed by atoms with Gasteiger partial charge in [0.05, 0.1) is 5.02 Å². The van der Waals surface area contributed by atoms with Crippen LogP contribution in [0.1, 0.15) is 5.56 Å². The molecule has 4 rings (SSSR count). The fourth-order valence-corrected chi connectivity index (χ4v) is 3.36. The van der Waals surface area contributed by atoms with Crippen LogP contribution in [-0.4, -0.2) is 43.9 Å². The van der Waals surface area contributed by atoms with Crippen molar-refractivity contribution in [1.82, 2.24) is 10.2 Å². The quantitative estimate of drug-likeness (QED) is 0.872. The summed E-state index contributed by atoms with van der Waals surface area (Å²) in [4.78, 5) is 16.3. The van der Waals surface area contributed by atoms with Crippen LogP contribution in [0, 0.1) is 5.82 Å². The number of nitrogens with zero attached hydrogens (tertiary/aromatic N) is 2. The van der Waals surface area contributed by atoms with Gasteiger partial charge < -0.3 is 24.6 Å². The van der Waals surface area contributed by atoms with Crippen LogP contribution in [0.4, 0.5) is 14.9 Å². The van der Waals surface area contributed by atoms with E-state index in [1.807, 2.05) is 18.2 Å². The maximum absolute atomic E-state index is 13.3. The van der Waals surface area contributed by atoms with Crippen molar-refractivity contribution in [2.24, 2.45) is 0 Å². The van der Waals surface area contributed by atoms with Gasteiger partial charge in [-0.2, -0.15) is 0 Å². The first kappa shape index (κ1) is 17.7. The number of rotatable bonds is 3. The molecule has 0 bridgehead atoms. The normalized spacial score (nSPS) is 15.8. The number of hydrogen-bond donors (Lipinski definition) is 1. The third-order valence-electron chi connectivity index (χ3n) is 4.72. The van der Waals surface area contributed by atoms with E-state index in [-0.39, 0.29) is 17.8 Å². The topological polar surface area (TPSA) is 54.0 Å². The highest BCUT2D eigenvalue weighted by molar-refractivity contribution is 6.31. The molecule has 0 spiro atoms. The zero-order valence-electron chi connectivity index (χ0n) is 14.6. The molecule has 142 valence electrons. The number of nitrogens with one attached hydrogen (secondary N) is 1. The van der Waals surface area contributed by atoms with Gasteiger partial charge in [0.1, 0.15) is 5.82 Å². The Bertz CT molecular complexity index is 856. The zero-order valence-corrected chi connectivity index (χ0v) is 15.3. The molecule has 1 N–H and O–H groups in total. The molecule has 2 aliphatic heterocycles. The third kappa shape index (κ3) is 3.88. The molecule has 1 saturated heterocycles. The smallest absolute Gasteiger partial charge is 0.317 e. The third-order valence-corrected chi connectivity index (χ3v) is 5.01. The molecule has 0 atom stereocenters. The van der Waals surface area contributed by atoms with E-state index in [0.717, 1.165) is 17.0 Å². The summed E-state index contributed by atoms with van der Waals surface area (Å²) >= 11 is 5.85. The number of benzene rings is 2. The number of carbonyl (C=O) groups is 1. The zero-order chi connectivity index (χ0) is 18.8. The standard InChI is InChI=1S/C19H19ClFN3O3/c20-15-10-14(2-3-16(15)21)23-5-7-24(8-6-23)19(25)22-11-13-1-4-17-18(9-13)27-12-26-17/h1-4,9-10H,5-8,11-12H2,(H,22,25). The summed E-state index contributed by atoms with van der Waals surface area (Å²) in [6, 6.07) is 10.2. The number of fused-ring (bicyclic) bond motifs is 1. The van der Waals surface area contributed by atoms with E-state index in [2.05, 4.69) is 10.2 Å². The lowest BCUT2D eigenvalue weighted by atomic mass is 10.2. The maximum atomic E-state index is 13.3. The van der Waals surface area contributed by atoms with Crippen molar-refractivity contribution in [2.45, 2.75) is 6.54 Å². The molecule has 0 saturated carbocycles. The van der Waals surface area contributed by atoms with Crippen molar-refractivity contribution < 1.29 is 18.7 Å². The van der Waals surface area contributed by atoms with Gasteiger partial charge in [0, 0.05) is 38.4 Å². The van der Waals surface area contributed by atoms with Crippen molar-refractivity contribution >= 4 is 23.3 Å². The number of carbonyl (C=O) groups excluding carboxylic acids is 1. The van der Waals surface area contributed by atoms with Crippen molar-refractivity contribution in [3.05, 3.63) is 52.8 Å². The summed E-state index contributed by atoms with van der Waals surface area (Å²) in [6.07, 6.45) is 0. The molecule has 2 aromatic carbocycles. The molecule has 2 amide bonds. The van der Waals surface area contributed by atoms with E-state index in [9.17, 15) is 9.18 Å². The van der Waals surface area contributed by atoms with Gasteiger partial charge in [0.2, 0.25) is 6.79 Å². The summed E-state index contributed by atoms with van der Waals surface area (Å²) in [5, 5.41) is 3.04. The summed E-state index contributed by atoms with van der Waals surface area (Å²) < 4.78 is 23.9. The Morgan fingerprint density at radius 3 is 2.63 bits per heavy atom. The highest BCUT2D eigenvalue weighted by Crippen LogP contribution is 2.32. The van der Waals surface area contributed by atoms with Gasteiger partial charge >= 0.3 is 6.03 Å². The molecule has 2 heterocycles. The fourth-order valence-electron chi connectivity index (χ4n) is 3.19. The van der Waals surface area contributed by atoms with Gasteiger partial charge in [-0.1, -0.05) is 17.7 Å². The summed E-state index contributed by atoms with van der Waals surface area (Å²) in [6.45, 7) is 3.15. The summed E-state index contributed by atoms with van der Waals surface area (Å²) in [5.41, 5.74) is 1.81. The SMILES string of the molecule is O=C(NCc1ccc2c(c1)OCO2)N1CCN(c2ccc(F)c(Cl)c2)CC1. The van der Waals surface area contributed by atoms with E-state index in [1.54, 1.807) is 17.0 Å². The number of ether oxygens (including phenoxy) is 2. The van der Waals surface area contributed by atoms with Crippen molar-refractivity contribution in [3.8, 4) is 11.5 Å². The number of urea groups is 1. The van der Waals surface area contributed by atoms with Gasteiger partial charge in [0.15, 0.2) is 11.5 Å². The molecular weight excluding hydrogens is 373 g/mol. The van der Waals surface area contributed by atoms with Crippen LogP contribution in [0.25, 0.3) is 0 Å². The lowest BCUT2D eigenvalue weighted by Gasteiger charge is -2.36. The number of piperazine rings is 1. The van der Waals surface area contributed by atoms with Crippen LogP contribution >= 0.6 is 11.6 Å². The second-order valence-corrected chi connectivity index (χ2v) is 6.83. The van der Waals surface area contributed by atoms with Gasteiger partial charge in [-0.15, -0.1) is 0 Å². The monoisotopic (exact) mass is 391 g/mol. The van der Waals surface area contributed by atoms with E-state index in [1.165, 1.54) is 6.07 Å². The first-order chi connectivity index (χ1) is 13.1. The van der Waals surface area contributed by atoms with E-state index >= 15 is 0 Å². The van der Waals surface area contributed by atoms with Crippen LogP contribution in [0.3, 0.4) is 0 Å². The largest absolute Gasteiger partial charge is 0.454 e. The van der Waals surface area contributed by atoms with E-state index in [0.29, 0.717) is 38.5 Å². The number of hydrogen-bond acceptors (Lipinski definition) is 4. The van der Waals surface area contributed by atoms with Crippen LogP contribution < -0.4 is 19.7 Å². The predicted molar refractivity (Wildman–Crippen MR) is 100.0 cm³/mol. The Morgan fingerprint density at radius 1 is 1.07 bits per heavy atom. The number of anilines is 1. The first-order valence-electron chi connectivity index (χ1n) is 8.71. The second-order valence-electron chi connectivity index (χ2n) is 6.42. The highest BCUT2D eigenvalue weighted by Gasteiger charge is 2.22.